The van der Waals surface area contributed by atoms with Crippen molar-refractivity contribution in [2.45, 2.75) is 11.0 Å². The van der Waals surface area contributed by atoms with E-state index in [1.165, 1.54) is 0 Å². The van der Waals surface area contributed by atoms with Crippen LogP contribution in [0.15, 0.2) is 29.2 Å². The normalized spacial score (nSPS) is 27.2. The minimum atomic E-state index is -1.66. The summed E-state index contributed by atoms with van der Waals surface area (Å²) >= 11 is 0. The maximum atomic E-state index is 11.2. The van der Waals surface area contributed by atoms with Crippen LogP contribution < -0.4 is 0 Å². The van der Waals surface area contributed by atoms with Gasteiger partial charge in [0.1, 0.15) is 10.8 Å². The molecule has 12 heavy (non-hydrogen) atoms. The maximum Gasteiger partial charge on any atom is 0.256 e. The molecule has 4 heteroatoms. The number of hydrogen-bond donors (Lipinski definition) is 1. The van der Waals surface area contributed by atoms with Gasteiger partial charge < -0.3 is 5.11 Å². The molecule has 1 aliphatic heterocycles. The zero-order valence-corrected chi connectivity index (χ0v) is 6.88. The van der Waals surface area contributed by atoms with E-state index in [0.29, 0.717) is 10.5 Å². The minimum absolute atomic E-state index is 0.440. The highest BCUT2D eigenvalue weighted by Crippen LogP contribution is 2.31. The molecule has 0 spiro atoms. The first kappa shape index (κ1) is 7.64. The molecule has 2 atom stereocenters. The molecule has 0 radical (unpaired) electrons. The molecule has 0 amide bonds. The van der Waals surface area contributed by atoms with Gasteiger partial charge in [-0.25, -0.2) is 4.21 Å². The van der Waals surface area contributed by atoms with Gasteiger partial charge >= 0.3 is 0 Å². The zero-order valence-electron chi connectivity index (χ0n) is 6.06. The standard InChI is InChI=1S/C8H6O3S/c9-7-5-3-1-2-4-6(5)12(11)8(7)10/h1-4,7,9H. The van der Waals surface area contributed by atoms with Gasteiger partial charge in [-0.05, 0) is 6.07 Å². The summed E-state index contributed by atoms with van der Waals surface area (Å²) in [6.45, 7) is 0. The number of benzene rings is 1. The first-order valence-electron chi connectivity index (χ1n) is 3.44. The van der Waals surface area contributed by atoms with Crippen LogP contribution in [0.2, 0.25) is 0 Å². The van der Waals surface area contributed by atoms with Crippen LogP contribution in [0.1, 0.15) is 11.7 Å². The molecular weight excluding hydrogens is 176 g/mol. The van der Waals surface area contributed by atoms with Gasteiger partial charge in [0.15, 0.2) is 6.10 Å². The molecule has 3 nitrogen and oxygen atoms in total. The summed E-state index contributed by atoms with van der Waals surface area (Å²) in [5.74, 6) is 0. The molecule has 0 fully saturated rings. The van der Waals surface area contributed by atoms with E-state index in [1.54, 1.807) is 24.3 Å². The number of aliphatic hydroxyl groups excluding tert-OH is 1. The number of aliphatic hydroxyl groups is 1. The Morgan fingerprint density at radius 3 is 2.67 bits per heavy atom. The minimum Gasteiger partial charge on any atom is -0.379 e. The van der Waals surface area contributed by atoms with Gasteiger partial charge in [0, 0.05) is 5.56 Å². The van der Waals surface area contributed by atoms with Gasteiger partial charge in [-0.2, -0.15) is 0 Å². The van der Waals surface area contributed by atoms with Crippen molar-refractivity contribution < 1.29 is 14.1 Å². The second-order valence-corrected chi connectivity index (χ2v) is 3.91. The fourth-order valence-corrected chi connectivity index (χ4v) is 2.35. The van der Waals surface area contributed by atoms with Crippen LogP contribution in [0.4, 0.5) is 0 Å². The Hall–Kier alpha value is -1.00. The number of carbonyl (C=O) groups is 1. The van der Waals surface area contributed by atoms with Gasteiger partial charge in [-0.1, -0.05) is 18.2 Å². The lowest BCUT2D eigenvalue weighted by molar-refractivity contribution is -0.118. The molecular formula is C8H6O3S. The Bertz CT molecular complexity index is 372. The highest BCUT2D eigenvalue weighted by atomic mass is 32.2. The Morgan fingerprint density at radius 2 is 2.00 bits per heavy atom. The third-order valence-electron chi connectivity index (χ3n) is 1.82. The lowest BCUT2D eigenvalue weighted by Gasteiger charge is -1.97. The SMILES string of the molecule is O=C1C(O)c2ccccc2S1=O. The van der Waals surface area contributed by atoms with E-state index >= 15 is 0 Å². The van der Waals surface area contributed by atoms with E-state index in [0.717, 1.165) is 0 Å². The molecule has 2 unspecified atom stereocenters. The van der Waals surface area contributed by atoms with Gasteiger partial charge in [-0.3, -0.25) is 4.79 Å². The predicted molar refractivity (Wildman–Crippen MR) is 42.8 cm³/mol. The van der Waals surface area contributed by atoms with Crippen LogP contribution in [0, 0.1) is 0 Å². The first-order valence-corrected chi connectivity index (χ1v) is 4.59. The van der Waals surface area contributed by atoms with Crippen molar-refractivity contribution in [1.82, 2.24) is 0 Å². The van der Waals surface area contributed by atoms with E-state index in [2.05, 4.69) is 0 Å². The summed E-state index contributed by atoms with van der Waals surface area (Å²) in [6.07, 6.45) is -1.19. The van der Waals surface area contributed by atoms with Crippen LogP contribution in [-0.2, 0) is 15.6 Å². The average molecular weight is 182 g/mol. The lowest BCUT2D eigenvalue weighted by atomic mass is 10.1. The van der Waals surface area contributed by atoms with Crippen molar-refractivity contribution in [2.24, 2.45) is 0 Å². The van der Waals surface area contributed by atoms with E-state index < -0.39 is 22.0 Å². The molecule has 0 saturated carbocycles. The summed E-state index contributed by atoms with van der Waals surface area (Å²) in [4.78, 5) is 11.5. The summed E-state index contributed by atoms with van der Waals surface area (Å²) < 4.78 is 11.2. The Morgan fingerprint density at radius 1 is 1.33 bits per heavy atom. The van der Waals surface area contributed by atoms with Crippen LogP contribution in [0.5, 0.6) is 0 Å². The molecule has 1 aliphatic rings. The van der Waals surface area contributed by atoms with Crippen LogP contribution >= 0.6 is 0 Å². The molecule has 1 aromatic rings. The Labute approximate surface area is 71.5 Å². The van der Waals surface area contributed by atoms with Gasteiger partial charge in [0.05, 0.1) is 4.90 Å². The third kappa shape index (κ3) is 0.852. The molecule has 0 aliphatic carbocycles. The fraction of sp³-hybridized carbons (Fsp3) is 0.125. The van der Waals surface area contributed by atoms with Crippen molar-refractivity contribution in [1.29, 1.82) is 0 Å². The Balaban J connectivity index is 2.67. The van der Waals surface area contributed by atoms with Crippen molar-refractivity contribution in [3.8, 4) is 0 Å². The smallest absolute Gasteiger partial charge is 0.256 e. The van der Waals surface area contributed by atoms with Crippen molar-refractivity contribution in [3.05, 3.63) is 29.8 Å². The van der Waals surface area contributed by atoms with Crippen LogP contribution in [-0.4, -0.2) is 14.4 Å². The van der Waals surface area contributed by atoms with Crippen molar-refractivity contribution >= 4 is 15.9 Å². The quantitative estimate of drug-likeness (QED) is 0.630. The number of rotatable bonds is 0. The molecule has 1 aromatic carbocycles. The monoisotopic (exact) mass is 182 g/mol. The summed E-state index contributed by atoms with van der Waals surface area (Å²) in [6, 6.07) is 6.61. The highest BCUT2D eigenvalue weighted by Gasteiger charge is 2.35. The van der Waals surface area contributed by atoms with Crippen LogP contribution in [0.3, 0.4) is 0 Å². The molecule has 1 heterocycles. The van der Waals surface area contributed by atoms with Gasteiger partial charge in [0.2, 0.25) is 0 Å². The first-order chi connectivity index (χ1) is 5.72. The summed E-state index contributed by atoms with van der Waals surface area (Å²) in [7, 11) is -1.66. The molecule has 1 N–H and O–H groups in total. The van der Waals surface area contributed by atoms with Crippen molar-refractivity contribution in [2.75, 3.05) is 0 Å². The molecule has 2 rings (SSSR count). The fourth-order valence-electron chi connectivity index (χ4n) is 1.21. The van der Waals surface area contributed by atoms with Crippen LogP contribution in [0.25, 0.3) is 0 Å². The molecule has 0 saturated heterocycles. The molecule has 0 bridgehead atoms. The largest absolute Gasteiger partial charge is 0.379 e. The predicted octanol–water partition coefficient (Wildman–Crippen LogP) is 0.368. The average Bonchev–Trinajstić information content (AvgIpc) is 2.33. The van der Waals surface area contributed by atoms with Gasteiger partial charge in [-0.15, -0.1) is 0 Å². The number of hydrogen-bond acceptors (Lipinski definition) is 3. The maximum absolute atomic E-state index is 11.2. The summed E-state index contributed by atoms with van der Waals surface area (Å²) in [5.41, 5.74) is 0.473. The molecule has 0 aromatic heterocycles. The summed E-state index contributed by atoms with van der Waals surface area (Å²) in [5, 5.41) is 8.66. The van der Waals surface area contributed by atoms with E-state index in [9.17, 15) is 14.1 Å². The van der Waals surface area contributed by atoms with E-state index in [4.69, 9.17) is 0 Å². The van der Waals surface area contributed by atoms with E-state index in [-0.39, 0.29) is 0 Å². The molecule has 62 valence electrons. The Kier molecular flexibility index (Phi) is 1.59. The van der Waals surface area contributed by atoms with Gasteiger partial charge in [0.25, 0.3) is 5.12 Å². The number of carbonyl (C=O) groups excluding carboxylic acids is 1. The topological polar surface area (TPSA) is 54.4 Å². The number of fused-ring (bicyclic) bond motifs is 1. The highest BCUT2D eigenvalue weighted by molar-refractivity contribution is 8.00. The van der Waals surface area contributed by atoms with E-state index in [1.807, 2.05) is 0 Å². The second-order valence-electron chi connectivity index (χ2n) is 2.53. The van der Waals surface area contributed by atoms with Crippen molar-refractivity contribution in [3.63, 3.8) is 0 Å². The second kappa shape index (κ2) is 2.50. The third-order valence-corrected chi connectivity index (χ3v) is 3.18. The lowest BCUT2D eigenvalue weighted by Crippen LogP contribution is -2.06. The zero-order chi connectivity index (χ0) is 8.72.